The first kappa shape index (κ1) is 10.7. The third kappa shape index (κ3) is 1.72. The molecule has 2 nitrogen and oxygen atoms in total. The van der Waals surface area contributed by atoms with E-state index in [0.717, 1.165) is 6.42 Å². The van der Waals surface area contributed by atoms with Gasteiger partial charge in [0.2, 0.25) is 0 Å². The Hall–Kier alpha value is -1.44. The summed E-state index contributed by atoms with van der Waals surface area (Å²) < 4.78 is 2.31. The van der Waals surface area contributed by atoms with Gasteiger partial charge in [0, 0.05) is 23.6 Å². The van der Waals surface area contributed by atoms with Crippen LogP contribution in [0.2, 0.25) is 0 Å². The summed E-state index contributed by atoms with van der Waals surface area (Å²) in [6, 6.07) is 5.75. The van der Waals surface area contributed by atoms with Gasteiger partial charge in [0.1, 0.15) is 5.75 Å². The van der Waals surface area contributed by atoms with Crippen molar-refractivity contribution in [2.45, 2.75) is 38.5 Å². The molecule has 1 heterocycles. The van der Waals surface area contributed by atoms with E-state index in [0.29, 0.717) is 5.75 Å². The van der Waals surface area contributed by atoms with Crippen molar-refractivity contribution in [3.63, 3.8) is 0 Å². The Kier molecular flexibility index (Phi) is 2.58. The molecule has 0 amide bonds. The first-order chi connectivity index (χ1) is 8.27. The van der Waals surface area contributed by atoms with Crippen molar-refractivity contribution in [2.75, 3.05) is 0 Å². The van der Waals surface area contributed by atoms with Crippen LogP contribution >= 0.6 is 0 Å². The third-order valence-electron chi connectivity index (χ3n) is 4.01. The molecule has 1 aromatic heterocycles. The zero-order chi connectivity index (χ0) is 11.8. The van der Waals surface area contributed by atoms with Crippen LogP contribution in [-0.4, -0.2) is 9.67 Å². The van der Waals surface area contributed by atoms with Gasteiger partial charge in [-0.2, -0.15) is 0 Å². The van der Waals surface area contributed by atoms with E-state index >= 15 is 0 Å². The first-order valence-electron chi connectivity index (χ1n) is 6.56. The van der Waals surface area contributed by atoms with E-state index in [1.807, 2.05) is 12.1 Å². The summed E-state index contributed by atoms with van der Waals surface area (Å²) in [5.74, 6) is 0.382. The number of aromatic hydroxyl groups is 1. The molecule has 17 heavy (non-hydrogen) atoms. The van der Waals surface area contributed by atoms with Gasteiger partial charge in [-0.1, -0.05) is 12.8 Å². The molecule has 1 aliphatic rings. The van der Waals surface area contributed by atoms with Crippen molar-refractivity contribution >= 4 is 10.9 Å². The molecule has 3 rings (SSSR count). The SMILES string of the molecule is Cn1c2c(c3cc(O)ccc31)CCCCCC2. The standard InChI is InChI=1S/C15H19NO/c1-16-14-7-5-3-2-4-6-12(14)13-10-11(17)8-9-15(13)16/h8-10,17H,2-7H2,1H3. The van der Waals surface area contributed by atoms with Crippen LogP contribution < -0.4 is 0 Å². The molecule has 1 N–H and O–H groups in total. The second-order valence-electron chi connectivity index (χ2n) is 5.10. The lowest BCUT2D eigenvalue weighted by atomic mass is 9.96. The largest absolute Gasteiger partial charge is 0.508 e. The Morgan fingerprint density at radius 1 is 1.06 bits per heavy atom. The lowest BCUT2D eigenvalue weighted by Gasteiger charge is -2.11. The number of rotatable bonds is 0. The summed E-state index contributed by atoms with van der Waals surface area (Å²) in [5, 5.41) is 10.9. The molecule has 0 atom stereocenters. The minimum absolute atomic E-state index is 0.382. The maximum atomic E-state index is 9.66. The van der Waals surface area contributed by atoms with Crippen LogP contribution in [0.15, 0.2) is 18.2 Å². The number of phenols is 1. The predicted octanol–water partition coefficient (Wildman–Crippen LogP) is 3.54. The van der Waals surface area contributed by atoms with Gasteiger partial charge in [0.25, 0.3) is 0 Å². The number of aromatic nitrogens is 1. The van der Waals surface area contributed by atoms with Crippen molar-refractivity contribution < 1.29 is 5.11 Å². The summed E-state index contributed by atoms with van der Waals surface area (Å²) >= 11 is 0. The highest BCUT2D eigenvalue weighted by molar-refractivity contribution is 5.86. The fourth-order valence-electron chi connectivity index (χ4n) is 3.11. The van der Waals surface area contributed by atoms with Crippen LogP contribution in [-0.2, 0) is 19.9 Å². The second-order valence-corrected chi connectivity index (χ2v) is 5.10. The summed E-state index contributed by atoms with van der Waals surface area (Å²) in [4.78, 5) is 0. The quantitative estimate of drug-likeness (QED) is 0.734. The maximum Gasteiger partial charge on any atom is 0.116 e. The fraction of sp³-hybridized carbons (Fsp3) is 0.467. The Labute approximate surface area is 102 Å². The number of aryl methyl sites for hydroxylation is 2. The Morgan fingerprint density at radius 3 is 2.65 bits per heavy atom. The summed E-state index contributed by atoms with van der Waals surface area (Å²) in [6.07, 6.45) is 7.61. The highest BCUT2D eigenvalue weighted by Gasteiger charge is 2.16. The van der Waals surface area contributed by atoms with E-state index in [1.54, 1.807) is 6.07 Å². The lowest BCUT2D eigenvalue weighted by Crippen LogP contribution is -2.02. The molecule has 2 heteroatoms. The summed E-state index contributed by atoms with van der Waals surface area (Å²) in [7, 11) is 2.15. The van der Waals surface area contributed by atoms with Crippen LogP contribution in [0.25, 0.3) is 10.9 Å². The molecule has 0 saturated heterocycles. The Morgan fingerprint density at radius 2 is 1.82 bits per heavy atom. The van der Waals surface area contributed by atoms with E-state index in [-0.39, 0.29) is 0 Å². The number of nitrogens with zero attached hydrogens (tertiary/aromatic N) is 1. The lowest BCUT2D eigenvalue weighted by molar-refractivity contribution is 0.476. The minimum Gasteiger partial charge on any atom is -0.508 e. The van der Waals surface area contributed by atoms with Gasteiger partial charge in [-0.25, -0.2) is 0 Å². The van der Waals surface area contributed by atoms with Crippen molar-refractivity contribution in [1.29, 1.82) is 0 Å². The van der Waals surface area contributed by atoms with Gasteiger partial charge >= 0.3 is 0 Å². The number of benzene rings is 1. The molecule has 0 aliphatic heterocycles. The molecule has 0 radical (unpaired) electrons. The van der Waals surface area contributed by atoms with Crippen LogP contribution in [0.5, 0.6) is 5.75 Å². The highest BCUT2D eigenvalue weighted by atomic mass is 16.3. The van der Waals surface area contributed by atoms with Gasteiger partial charge in [-0.3, -0.25) is 0 Å². The number of hydrogen-bond donors (Lipinski definition) is 1. The average molecular weight is 229 g/mol. The highest BCUT2D eigenvalue weighted by Crippen LogP contribution is 2.32. The second kappa shape index (κ2) is 4.10. The Bertz CT molecular complexity index is 554. The first-order valence-corrected chi connectivity index (χ1v) is 6.56. The van der Waals surface area contributed by atoms with E-state index in [4.69, 9.17) is 0 Å². The zero-order valence-electron chi connectivity index (χ0n) is 10.4. The molecule has 0 spiro atoms. The van der Waals surface area contributed by atoms with E-state index in [9.17, 15) is 5.11 Å². The number of phenolic OH excluding ortho intramolecular Hbond substituents is 1. The predicted molar refractivity (Wildman–Crippen MR) is 70.5 cm³/mol. The van der Waals surface area contributed by atoms with Crippen molar-refractivity contribution in [3.8, 4) is 5.75 Å². The van der Waals surface area contributed by atoms with E-state index in [2.05, 4.69) is 11.6 Å². The van der Waals surface area contributed by atoms with Gasteiger partial charge in [0.05, 0.1) is 0 Å². The smallest absolute Gasteiger partial charge is 0.116 e. The van der Waals surface area contributed by atoms with Gasteiger partial charge in [-0.05, 0) is 49.4 Å². The minimum atomic E-state index is 0.382. The van der Waals surface area contributed by atoms with Crippen molar-refractivity contribution in [1.82, 2.24) is 4.57 Å². The molecule has 0 bridgehead atoms. The van der Waals surface area contributed by atoms with Crippen LogP contribution in [0.1, 0.15) is 36.9 Å². The molecular formula is C15H19NO. The maximum absolute atomic E-state index is 9.66. The monoisotopic (exact) mass is 229 g/mol. The number of hydrogen-bond acceptors (Lipinski definition) is 1. The topological polar surface area (TPSA) is 25.2 Å². The molecule has 0 saturated carbocycles. The normalized spacial score (nSPS) is 16.5. The molecular weight excluding hydrogens is 210 g/mol. The fourth-order valence-corrected chi connectivity index (χ4v) is 3.11. The van der Waals surface area contributed by atoms with Crippen molar-refractivity contribution in [3.05, 3.63) is 29.5 Å². The molecule has 1 aromatic carbocycles. The summed E-state index contributed by atoms with van der Waals surface area (Å²) in [6.45, 7) is 0. The van der Waals surface area contributed by atoms with E-state index in [1.165, 1.54) is 54.3 Å². The molecule has 0 unspecified atom stereocenters. The van der Waals surface area contributed by atoms with E-state index < -0.39 is 0 Å². The molecule has 1 aliphatic carbocycles. The van der Waals surface area contributed by atoms with Crippen LogP contribution in [0.4, 0.5) is 0 Å². The van der Waals surface area contributed by atoms with Crippen molar-refractivity contribution in [2.24, 2.45) is 7.05 Å². The molecule has 0 fully saturated rings. The van der Waals surface area contributed by atoms with Crippen LogP contribution in [0.3, 0.4) is 0 Å². The zero-order valence-corrected chi connectivity index (χ0v) is 10.4. The Balaban J connectivity index is 2.25. The van der Waals surface area contributed by atoms with Gasteiger partial charge < -0.3 is 9.67 Å². The van der Waals surface area contributed by atoms with Gasteiger partial charge in [-0.15, -0.1) is 0 Å². The summed E-state index contributed by atoms with van der Waals surface area (Å²) in [5.41, 5.74) is 4.21. The third-order valence-corrected chi connectivity index (χ3v) is 4.01. The van der Waals surface area contributed by atoms with Crippen LogP contribution in [0, 0.1) is 0 Å². The average Bonchev–Trinajstić information content (AvgIpc) is 2.50. The number of fused-ring (bicyclic) bond motifs is 3. The van der Waals surface area contributed by atoms with Gasteiger partial charge in [0.15, 0.2) is 0 Å². The molecule has 90 valence electrons. The molecule has 2 aromatic rings.